The summed E-state index contributed by atoms with van der Waals surface area (Å²) in [6.07, 6.45) is 7.88. The molecule has 2 aliphatic heterocycles. The Balaban J connectivity index is 1.69. The van der Waals surface area contributed by atoms with Crippen LogP contribution in [0.2, 0.25) is 0 Å². The summed E-state index contributed by atoms with van der Waals surface area (Å²) in [6, 6.07) is 0. The van der Waals surface area contributed by atoms with Gasteiger partial charge in [-0.05, 0) is 66.5 Å². The molecule has 1 unspecified atom stereocenters. The largest absolute Gasteiger partial charge is 0.365 e. The van der Waals surface area contributed by atoms with Crippen LogP contribution in [0.5, 0.6) is 0 Å². The summed E-state index contributed by atoms with van der Waals surface area (Å²) in [7, 11) is 0. The predicted molar refractivity (Wildman–Crippen MR) is 98.4 cm³/mol. The third kappa shape index (κ3) is 4.06. The Kier molecular flexibility index (Phi) is 5.71. The monoisotopic (exact) mass is 396 g/mol. The minimum atomic E-state index is -0.331. The number of pyridine rings is 1. The van der Waals surface area contributed by atoms with Gasteiger partial charge in [0.25, 0.3) is 0 Å². The van der Waals surface area contributed by atoms with Gasteiger partial charge in [0.1, 0.15) is 11.9 Å². The highest BCUT2D eigenvalue weighted by molar-refractivity contribution is 9.10. The molecule has 1 aromatic rings. The van der Waals surface area contributed by atoms with Gasteiger partial charge in [-0.15, -0.1) is 0 Å². The number of nitro groups is 1. The Labute approximate surface area is 151 Å². The summed E-state index contributed by atoms with van der Waals surface area (Å²) < 4.78 is 0.712. The molecule has 3 heterocycles. The summed E-state index contributed by atoms with van der Waals surface area (Å²) in [5, 5.41) is 11.4. The first-order valence-electron chi connectivity index (χ1n) is 8.79. The van der Waals surface area contributed by atoms with E-state index in [0.717, 1.165) is 32.0 Å². The smallest absolute Gasteiger partial charge is 0.311 e. The SMILES string of the molecule is CC1CCN(CC2CCCN(c3c(Br)cncc3[N+](=O)[O-])C2)CC1. The Bertz CT molecular complexity index is 590. The second-order valence-electron chi connectivity index (χ2n) is 7.18. The molecule has 7 heteroatoms. The van der Waals surface area contributed by atoms with E-state index in [2.05, 4.69) is 37.6 Å². The van der Waals surface area contributed by atoms with Crippen molar-refractivity contribution in [1.29, 1.82) is 0 Å². The molecule has 0 saturated carbocycles. The fourth-order valence-corrected chi connectivity index (χ4v) is 4.46. The van der Waals surface area contributed by atoms with Crippen molar-refractivity contribution in [2.45, 2.75) is 32.6 Å². The Morgan fingerprint density at radius 3 is 2.75 bits per heavy atom. The van der Waals surface area contributed by atoms with E-state index < -0.39 is 0 Å². The number of rotatable bonds is 4. The van der Waals surface area contributed by atoms with Gasteiger partial charge < -0.3 is 9.80 Å². The van der Waals surface area contributed by atoms with E-state index in [-0.39, 0.29) is 10.6 Å². The fraction of sp³-hybridized carbons (Fsp3) is 0.706. The number of hydrogen-bond donors (Lipinski definition) is 0. The van der Waals surface area contributed by atoms with Crippen LogP contribution < -0.4 is 4.90 Å². The standard InChI is InChI=1S/C17H25BrN4O2/c1-13-4-7-20(8-5-13)11-14-3-2-6-21(12-14)17-15(18)9-19-10-16(17)22(23)24/h9-10,13-14H,2-8,11-12H2,1H3. The molecule has 0 radical (unpaired) electrons. The van der Waals surface area contributed by atoms with Crippen LogP contribution in [-0.4, -0.2) is 47.5 Å². The normalized spacial score (nSPS) is 23.4. The van der Waals surface area contributed by atoms with Crippen molar-refractivity contribution in [3.05, 3.63) is 27.0 Å². The van der Waals surface area contributed by atoms with E-state index in [0.29, 0.717) is 16.1 Å². The van der Waals surface area contributed by atoms with Gasteiger partial charge in [-0.3, -0.25) is 15.1 Å². The molecular formula is C17H25BrN4O2. The zero-order valence-electron chi connectivity index (χ0n) is 14.2. The van der Waals surface area contributed by atoms with Crippen LogP contribution in [0.15, 0.2) is 16.9 Å². The van der Waals surface area contributed by atoms with Crippen molar-refractivity contribution >= 4 is 27.3 Å². The number of halogens is 1. The molecule has 1 atom stereocenters. The molecule has 0 bridgehead atoms. The van der Waals surface area contributed by atoms with Crippen molar-refractivity contribution in [3.8, 4) is 0 Å². The van der Waals surface area contributed by atoms with E-state index in [1.54, 1.807) is 6.20 Å². The number of anilines is 1. The number of hydrogen-bond acceptors (Lipinski definition) is 5. The molecule has 2 fully saturated rings. The van der Waals surface area contributed by atoms with Gasteiger partial charge >= 0.3 is 5.69 Å². The molecule has 1 aromatic heterocycles. The highest BCUT2D eigenvalue weighted by Crippen LogP contribution is 2.37. The molecule has 0 aromatic carbocycles. The average molecular weight is 397 g/mol. The van der Waals surface area contributed by atoms with Crippen LogP contribution in [0.1, 0.15) is 32.6 Å². The summed E-state index contributed by atoms with van der Waals surface area (Å²) in [5.41, 5.74) is 0.781. The molecule has 24 heavy (non-hydrogen) atoms. The van der Waals surface area contributed by atoms with Crippen LogP contribution >= 0.6 is 15.9 Å². The lowest BCUT2D eigenvalue weighted by Gasteiger charge is -2.38. The molecule has 0 spiro atoms. The molecule has 2 aliphatic rings. The maximum Gasteiger partial charge on any atom is 0.311 e. The van der Waals surface area contributed by atoms with Gasteiger partial charge in [0.2, 0.25) is 0 Å². The number of nitrogens with zero attached hydrogens (tertiary/aromatic N) is 4. The van der Waals surface area contributed by atoms with Crippen LogP contribution in [-0.2, 0) is 0 Å². The third-order valence-electron chi connectivity index (χ3n) is 5.28. The van der Waals surface area contributed by atoms with E-state index in [9.17, 15) is 10.1 Å². The Morgan fingerprint density at radius 2 is 2.04 bits per heavy atom. The first-order valence-corrected chi connectivity index (χ1v) is 9.59. The Hall–Kier alpha value is -1.21. The zero-order valence-corrected chi connectivity index (χ0v) is 15.7. The van der Waals surface area contributed by atoms with Gasteiger partial charge in [0, 0.05) is 25.8 Å². The molecule has 0 amide bonds. The maximum atomic E-state index is 11.4. The number of aromatic nitrogens is 1. The second-order valence-corrected chi connectivity index (χ2v) is 8.04. The van der Waals surface area contributed by atoms with Crippen molar-refractivity contribution in [2.24, 2.45) is 11.8 Å². The van der Waals surface area contributed by atoms with E-state index in [1.165, 1.54) is 38.5 Å². The second kappa shape index (κ2) is 7.78. The molecular weight excluding hydrogens is 372 g/mol. The van der Waals surface area contributed by atoms with Crippen LogP contribution in [0.4, 0.5) is 11.4 Å². The lowest BCUT2D eigenvalue weighted by atomic mass is 9.94. The van der Waals surface area contributed by atoms with Crippen LogP contribution in [0, 0.1) is 22.0 Å². The molecule has 3 rings (SSSR count). The van der Waals surface area contributed by atoms with Crippen molar-refractivity contribution in [2.75, 3.05) is 37.6 Å². The lowest BCUT2D eigenvalue weighted by molar-refractivity contribution is -0.384. The molecule has 0 N–H and O–H groups in total. The quantitative estimate of drug-likeness (QED) is 0.573. The van der Waals surface area contributed by atoms with Gasteiger partial charge in [-0.25, -0.2) is 0 Å². The third-order valence-corrected chi connectivity index (χ3v) is 5.86. The van der Waals surface area contributed by atoms with Crippen molar-refractivity contribution in [1.82, 2.24) is 9.88 Å². The van der Waals surface area contributed by atoms with Crippen LogP contribution in [0.3, 0.4) is 0 Å². The maximum absolute atomic E-state index is 11.4. The van der Waals surface area contributed by atoms with Gasteiger partial charge in [0.05, 0.1) is 9.40 Å². The highest BCUT2D eigenvalue weighted by Gasteiger charge is 2.29. The van der Waals surface area contributed by atoms with E-state index in [4.69, 9.17) is 0 Å². The topological polar surface area (TPSA) is 62.5 Å². The van der Waals surface area contributed by atoms with Crippen LogP contribution in [0.25, 0.3) is 0 Å². The molecule has 2 saturated heterocycles. The van der Waals surface area contributed by atoms with Gasteiger partial charge in [0.15, 0.2) is 0 Å². The van der Waals surface area contributed by atoms with Gasteiger partial charge in [-0.2, -0.15) is 0 Å². The first kappa shape index (κ1) is 17.6. The number of piperidine rings is 2. The zero-order chi connectivity index (χ0) is 17.1. The predicted octanol–water partition coefficient (Wildman–Crippen LogP) is 3.70. The number of likely N-dealkylation sites (tertiary alicyclic amines) is 1. The summed E-state index contributed by atoms with van der Waals surface area (Å²) in [6.45, 7) is 7.58. The van der Waals surface area contributed by atoms with E-state index in [1.807, 2.05) is 0 Å². The molecule has 0 aliphatic carbocycles. The van der Waals surface area contributed by atoms with E-state index >= 15 is 0 Å². The summed E-state index contributed by atoms with van der Waals surface area (Å²) in [4.78, 5) is 19.7. The summed E-state index contributed by atoms with van der Waals surface area (Å²) >= 11 is 3.46. The van der Waals surface area contributed by atoms with Crippen molar-refractivity contribution < 1.29 is 4.92 Å². The van der Waals surface area contributed by atoms with Gasteiger partial charge in [-0.1, -0.05) is 6.92 Å². The minimum Gasteiger partial charge on any atom is -0.365 e. The Morgan fingerprint density at radius 1 is 1.29 bits per heavy atom. The molecule has 6 nitrogen and oxygen atoms in total. The van der Waals surface area contributed by atoms with Crippen molar-refractivity contribution in [3.63, 3.8) is 0 Å². The fourth-order valence-electron chi connectivity index (χ4n) is 3.89. The minimum absolute atomic E-state index is 0.0943. The highest BCUT2D eigenvalue weighted by atomic mass is 79.9. The first-order chi connectivity index (χ1) is 11.5. The summed E-state index contributed by atoms with van der Waals surface area (Å²) in [5.74, 6) is 1.42. The lowest BCUT2D eigenvalue weighted by Crippen LogP contribution is -2.43. The average Bonchev–Trinajstić information content (AvgIpc) is 2.57. The molecule has 132 valence electrons.